The lowest BCUT2D eigenvalue weighted by molar-refractivity contribution is -0.130. The Kier molecular flexibility index (Phi) is 5.13. The molecule has 0 aliphatic heterocycles. The second kappa shape index (κ2) is 7.05. The Labute approximate surface area is 160 Å². The number of nitriles is 1. The van der Waals surface area contributed by atoms with E-state index < -0.39 is 5.54 Å². The van der Waals surface area contributed by atoms with Gasteiger partial charge in [-0.25, -0.2) is 4.98 Å². The maximum atomic E-state index is 12.8. The Morgan fingerprint density at radius 2 is 2.12 bits per heavy atom. The molecule has 3 rings (SSSR count). The molecule has 6 nitrogen and oxygen atoms in total. The van der Waals surface area contributed by atoms with Crippen molar-refractivity contribution in [3.05, 3.63) is 20.8 Å². The monoisotopic (exact) mass is 390 g/mol. The van der Waals surface area contributed by atoms with E-state index in [0.717, 1.165) is 35.9 Å². The van der Waals surface area contributed by atoms with Gasteiger partial charge in [0.2, 0.25) is 5.91 Å². The van der Waals surface area contributed by atoms with Crippen LogP contribution < -0.4 is 5.56 Å². The van der Waals surface area contributed by atoms with Crippen molar-refractivity contribution in [3.63, 3.8) is 0 Å². The van der Waals surface area contributed by atoms with E-state index in [9.17, 15) is 14.9 Å². The average molecular weight is 391 g/mol. The van der Waals surface area contributed by atoms with Gasteiger partial charge in [-0.3, -0.25) is 14.2 Å². The van der Waals surface area contributed by atoms with Crippen molar-refractivity contribution in [1.82, 2.24) is 14.5 Å². The lowest BCUT2D eigenvalue weighted by Crippen LogP contribution is -2.44. The molecule has 8 heteroatoms. The van der Waals surface area contributed by atoms with Crippen molar-refractivity contribution < 1.29 is 4.79 Å². The second-order valence-electron chi connectivity index (χ2n) is 7.06. The first kappa shape index (κ1) is 18.9. The number of hydrogen-bond acceptors (Lipinski definition) is 6. The van der Waals surface area contributed by atoms with Crippen molar-refractivity contribution in [2.75, 3.05) is 12.8 Å². The summed E-state index contributed by atoms with van der Waals surface area (Å²) in [5.41, 5.74) is 0.274. The van der Waals surface area contributed by atoms with Gasteiger partial charge >= 0.3 is 0 Å². The standard InChI is InChI=1S/C18H22N4O2S2/c1-18(2,10-19)22(4)13(23)9-25-17-20-15-14(16(24)21(17)3)11-7-5-6-8-12(11)26-15/h5-9H2,1-4H3. The molecule has 0 aromatic carbocycles. The first-order valence-electron chi connectivity index (χ1n) is 8.58. The van der Waals surface area contributed by atoms with E-state index in [0.29, 0.717) is 5.16 Å². The summed E-state index contributed by atoms with van der Waals surface area (Å²) in [6.07, 6.45) is 4.26. The van der Waals surface area contributed by atoms with Crippen LogP contribution in [0.2, 0.25) is 0 Å². The number of aryl methyl sites for hydroxylation is 2. The van der Waals surface area contributed by atoms with E-state index in [1.807, 2.05) is 0 Å². The molecule has 0 spiro atoms. The van der Waals surface area contributed by atoms with Gasteiger partial charge in [0, 0.05) is 19.0 Å². The predicted molar refractivity (Wildman–Crippen MR) is 105 cm³/mol. The van der Waals surface area contributed by atoms with Crippen LogP contribution in [0.25, 0.3) is 10.2 Å². The molecule has 0 radical (unpaired) electrons. The minimum atomic E-state index is -0.867. The summed E-state index contributed by atoms with van der Waals surface area (Å²) in [7, 11) is 3.33. The van der Waals surface area contributed by atoms with Crippen LogP contribution in [0.15, 0.2) is 9.95 Å². The summed E-state index contributed by atoms with van der Waals surface area (Å²) < 4.78 is 1.54. The number of carbonyl (C=O) groups excluding carboxylic acids is 1. The zero-order valence-corrected chi connectivity index (χ0v) is 17.1. The fourth-order valence-corrected chi connectivity index (χ4v) is 5.19. The summed E-state index contributed by atoms with van der Waals surface area (Å²) in [5, 5.41) is 10.5. The molecule has 2 aromatic rings. The molecule has 2 aromatic heterocycles. The second-order valence-corrected chi connectivity index (χ2v) is 9.09. The third-order valence-corrected chi connectivity index (χ3v) is 7.17. The molecule has 1 aliphatic carbocycles. The van der Waals surface area contributed by atoms with E-state index in [2.05, 4.69) is 11.1 Å². The third-order valence-electron chi connectivity index (χ3n) is 4.97. The van der Waals surface area contributed by atoms with E-state index in [1.54, 1.807) is 39.3 Å². The van der Waals surface area contributed by atoms with E-state index in [4.69, 9.17) is 0 Å². The number of nitrogens with zero attached hydrogens (tertiary/aromatic N) is 4. The van der Waals surface area contributed by atoms with Crippen molar-refractivity contribution in [1.29, 1.82) is 5.26 Å². The Morgan fingerprint density at radius 1 is 1.42 bits per heavy atom. The Balaban J connectivity index is 1.88. The number of aromatic nitrogens is 2. The van der Waals surface area contributed by atoms with Gasteiger partial charge in [-0.05, 0) is 45.1 Å². The molecule has 0 bridgehead atoms. The van der Waals surface area contributed by atoms with E-state index in [1.165, 1.54) is 31.7 Å². The van der Waals surface area contributed by atoms with Crippen LogP contribution in [-0.4, -0.2) is 38.7 Å². The topological polar surface area (TPSA) is 79.0 Å². The minimum Gasteiger partial charge on any atom is -0.327 e. The maximum absolute atomic E-state index is 12.8. The van der Waals surface area contributed by atoms with Crippen LogP contribution in [0.5, 0.6) is 0 Å². The summed E-state index contributed by atoms with van der Waals surface area (Å²) in [4.78, 5) is 33.4. The van der Waals surface area contributed by atoms with Crippen molar-refractivity contribution in [2.24, 2.45) is 7.05 Å². The van der Waals surface area contributed by atoms with Crippen LogP contribution in [0.3, 0.4) is 0 Å². The molecule has 138 valence electrons. The number of hydrogen-bond donors (Lipinski definition) is 0. The molecule has 0 fully saturated rings. The van der Waals surface area contributed by atoms with Gasteiger partial charge in [-0.2, -0.15) is 5.26 Å². The van der Waals surface area contributed by atoms with Gasteiger partial charge in [0.25, 0.3) is 5.56 Å². The third kappa shape index (κ3) is 3.26. The number of fused-ring (bicyclic) bond motifs is 3. The highest BCUT2D eigenvalue weighted by Crippen LogP contribution is 2.34. The molecular formula is C18H22N4O2S2. The van der Waals surface area contributed by atoms with Gasteiger partial charge in [0.15, 0.2) is 5.16 Å². The summed E-state index contributed by atoms with van der Waals surface area (Å²) >= 11 is 2.85. The molecule has 26 heavy (non-hydrogen) atoms. The van der Waals surface area contributed by atoms with Gasteiger partial charge in [-0.1, -0.05) is 11.8 Å². The Morgan fingerprint density at radius 3 is 2.81 bits per heavy atom. The smallest absolute Gasteiger partial charge is 0.262 e. The summed E-state index contributed by atoms with van der Waals surface area (Å²) in [6, 6.07) is 2.12. The largest absolute Gasteiger partial charge is 0.327 e. The number of thiophene rings is 1. The molecule has 0 atom stereocenters. The molecule has 1 amide bonds. The number of rotatable bonds is 4. The fraction of sp³-hybridized carbons (Fsp3) is 0.556. The number of carbonyl (C=O) groups is 1. The maximum Gasteiger partial charge on any atom is 0.262 e. The molecule has 0 unspecified atom stereocenters. The lowest BCUT2D eigenvalue weighted by atomic mass is 9.97. The summed E-state index contributed by atoms with van der Waals surface area (Å²) in [5.74, 6) is -0.0280. The quantitative estimate of drug-likeness (QED) is 0.592. The van der Waals surface area contributed by atoms with Crippen LogP contribution in [-0.2, 0) is 24.7 Å². The van der Waals surface area contributed by atoms with E-state index >= 15 is 0 Å². The molecule has 0 saturated heterocycles. The first-order chi connectivity index (χ1) is 12.3. The van der Waals surface area contributed by atoms with Gasteiger partial charge in [0.1, 0.15) is 10.4 Å². The van der Waals surface area contributed by atoms with Crippen molar-refractivity contribution >= 4 is 39.2 Å². The van der Waals surface area contributed by atoms with Gasteiger partial charge in [-0.15, -0.1) is 11.3 Å². The molecular weight excluding hydrogens is 368 g/mol. The molecule has 1 aliphatic rings. The highest BCUT2D eigenvalue weighted by atomic mass is 32.2. The summed E-state index contributed by atoms with van der Waals surface area (Å²) in [6.45, 7) is 3.40. The van der Waals surface area contributed by atoms with Crippen LogP contribution in [0, 0.1) is 11.3 Å². The van der Waals surface area contributed by atoms with Crippen molar-refractivity contribution in [3.8, 4) is 6.07 Å². The zero-order chi connectivity index (χ0) is 19.1. The fourth-order valence-electron chi connectivity index (χ4n) is 3.01. The first-order valence-corrected chi connectivity index (χ1v) is 10.4. The van der Waals surface area contributed by atoms with Crippen LogP contribution in [0.1, 0.15) is 37.1 Å². The molecule has 2 heterocycles. The average Bonchev–Trinajstić information content (AvgIpc) is 3.00. The minimum absolute atomic E-state index is 0.0324. The number of thioether (sulfide) groups is 1. The van der Waals surface area contributed by atoms with E-state index in [-0.39, 0.29) is 17.2 Å². The lowest BCUT2D eigenvalue weighted by Gasteiger charge is -2.29. The highest BCUT2D eigenvalue weighted by Gasteiger charge is 2.28. The van der Waals surface area contributed by atoms with Gasteiger partial charge < -0.3 is 4.90 Å². The highest BCUT2D eigenvalue weighted by molar-refractivity contribution is 7.99. The van der Waals surface area contributed by atoms with Crippen molar-refractivity contribution in [2.45, 2.75) is 50.2 Å². The Hall–Kier alpha value is -1.85. The normalized spacial score (nSPS) is 14.1. The zero-order valence-electron chi connectivity index (χ0n) is 15.5. The SMILES string of the molecule is CN(C(=O)CSc1nc2sc3c(c2c(=O)n1C)CCCC3)C(C)(C)C#N. The van der Waals surface area contributed by atoms with Gasteiger partial charge in [0.05, 0.1) is 17.2 Å². The molecule has 0 saturated carbocycles. The predicted octanol–water partition coefficient (Wildman–Crippen LogP) is 2.73. The number of amides is 1. The van der Waals surface area contributed by atoms with Crippen LogP contribution in [0.4, 0.5) is 0 Å². The van der Waals surface area contributed by atoms with Crippen LogP contribution >= 0.6 is 23.1 Å². The molecule has 0 N–H and O–H groups in total. The Bertz CT molecular complexity index is 968.